The van der Waals surface area contributed by atoms with E-state index in [-0.39, 0.29) is 11.7 Å². The van der Waals surface area contributed by atoms with Gasteiger partial charge in [-0.3, -0.25) is 4.79 Å². The average molecular weight is 445 g/mol. The Labute approximate surface area is 191 Å². The van der Waals surface area contributed by atoms with Gasteiger partial charge in [-0.15, -0.1) is 5.10 Å². The van der Waals surface area contributed by atoms with Crippen molar-refractivity contribution in [2.24, 2.45) is 0 Å². The Hall–Kier alpha value is -3.65. The summed E-state index contributed by atoms with van der Waals surface area (Å²) in [7, 11) is 0. The molecule has 1 N–H and O–H groups in total. The summed E-state index contributed by atoms with van der Waals surface area (Å²) < 4.78 is 1.62. The highest BCUT2D eigenvalue weighted by atomic mass is 32.2. The quantitative estimate of drug-likeness (QED) is 0.388. The van der Waals surface area contributed by atoms with E-state index in [9.17, 15) is 4.79 Å². The molecule has 0 aliphatic heterocycles. The number of nitrogens with one attached hydrogen (secondary N) is 1. The Balaban J connectivity index is 1.38. The predicted molar refractivity (Wildman–Crippen MR) is 129 cm³/mol. The van der Waals surface area contributed by atoms with Gasteiger partial charge in [0.25, 0.3) is 0 Å². The highest BCUT2D eigenvalue weighted by Gasteiger charge is 2.14. The van der Waals surface area contributed by atoms with Crippen molar-refractivity contribution in [2.75, 3.05) is 16.0 Å². The molecule has 0 bridgehead atoms. The van der Waals surface area contributed by atoms with Crippen LogP contribution in [0.15, 0.2) is 90.1 Å². The number of amides is 1. The van der Waals surface area contributed by atoms with E-state index in [1.165, 1.54) is 11.8 Å². The van der Waals surface area contributed by atoms with Gasteiger partial charge < -0.3 is 10.2 Å². The monoisotopic (exact) mass is 444 g/mol. The van der Waals surface area contributed by atoms with Gasteiger partial charge in [0.05, 0.1) is 11.4 Å². The van der Waals surface area contributed by atoms with Crippen molar-refractivity contribution in [3.05, 3.63) is 84.9 Å². The minimum absolute atomic E-state index is 0.117. The Bertz CT molecular complexity index is 1150. The predicted octanol–water partition coefficient (Wildman–Crippen LogP) is 4.94. The fourth-order valence-electron chi connectivity index (χ4n) is 3.37. The topological polar surface area (TPSA) is 75.9 Å². The lowest BCUT2D eigenvalue weighted by Crippen LogP contribution is -2.25. The molecule has 162 valence electrons. The number of para-hydroxylation sites is 2. The maximum absolute atomic E-state index is 12.5. The fraction of sp³-hybridized carbons (Fsp3) is 0.167. The third-order valence-corrected chi connectivity index (χ3v) is 5.67. The van der Waals surface area contributed by atoms with Crippen molar-refractivity contribution in [3.63, 3.8) is 0 Å². The normalized spacial score (nSPS) is 10.8. The van der Waals surface area contributed by atoms with E-state index in [0.29, 0.717) is 11.2 Å². The SMILES string of the molecule is CC(C)N(c1ccccc1)c1ccc(NC(=O)CSc2nnnn2-c2ccccc2)cc1. The number of aromatic nitrogens is 4. The van der Waals surface area contributed by atoms with Gasteiger partial charge >= 0.3 is 0 Å². The zero-order valence-electron chi connectivity index (χ0n) is 17.9. The molecule has 0 spiro atoms. The van der Waals surface area contributed by atoms with E-state index in [1.807, 2.05) is 72.8 Å². The molecule has 32 heavy (non-hydrogen) atoms. The highest BCUT2D eigenvalue weighted by molar-refractivity contribution is 7.99. The number of rotatable bonds is 8. The van der Waals surface area contributed by atoms with E-state index in [0.717, 1.165) is 22.7 Å². The molecular weight excluding hydrogens is 420 g/mol. The lowest BCUT2D eigenvalue weighted by atomic mass is 10.2. The van der Waals surface area contributed by atoms with Crippen LogP contribution in [0.4, 0.5) is 17.1 Å². The average Bonchev–Trinajstić information content (AvgIpc) is 3.29. The maximum Gasteiger partial charge on any atom is 0.234 e. The van der Waals surface area contributed by atoms with Crippen molar-refractivity contribution >= 4 is 34.7 Å². The number of tetrazole rings is 1. The van der Waals surface area contributed by atoms with Gasteiger partial charge in [-0.25, -0.2) is 0 Å². The van der Waals surface area contributed by atoms with Crippen LogP contribution >= 0.6 is 11.8 Å². The molecule has 0 saturated heterocycles. The van der Waals surface area contributed by atoms with Gasteiger partial charge in [-0.05, 0) is 72.8 Å². The number of anilines is 3. The summed E-state index contributed by atoms with van der Waals surface area (Å²) in [6.45, 7) is 4.31. The fourth-order valence-corrected chi connectivity index (χ4v) is 4.06. The van der Waals surface area contributed by atoms with Crippen LogP contribution in [0.1, 0.15) is 13.8 Å². The first-order valence-corrected chi connectivity index (χ1v) is 11.3. The Morgan fingerprint density at radius 2 is 1.56 bits per heavy atom. The van der Waals surface area contributed by atoms with Gasteiger partial charge in [0.15, 0.2) is 0 Å². The Morgan fingerprint density at radius 1 is 0.938 bits per heavy atom. The summed E-state index contributed by atoms with van der Waals surface area (Å²) in [5, 5.41) is 15.3. The van der Waals surface area contributed by atoms with Crippen molar-refractivity contribution in [1.29, 1.82) is 0 Å². The van der Waals surface area contributed by atoms with Gasteiger partial charge in [0, 0.05) is 23.1 Å². The molecular formula is C24H24N6OS. The summed E-state index contributed by atoms with van der Waals surface area (Å²) >= 11 is 1.29. The molecule has 4 aromatic rings. The van der Waals surface area contributed by atoms with Gasteiger partial charge in [0.2, 0.25) is 11.1 Å². The molecule has 1 amide bonds. The standard InChI is InChI=1S/C24H24N6OS/c1-18(2)29(20-9-5-3-6-10-20)21-15-13-19(14-16-21)25-23(31)17-32-24-26-27-28-30(24)22-11-7-4-8-12-22/h3-16,18H,17H2,1-2H3,(H,25,31). The molecule has 1 aromatic heterocycles. The van der Waals surface area contributed by atoms with Crippen molar-refractivity contribution in [1.82, 2.24) is 20.2 Å². The maximum atomic E-state index is 12.5. The summed E-state index contributed by atoms with van der Waals surface area (Å²) in [5.74, 6) is 0.0889. The van der Waals surface area contributed by atoms with Crippen LogP contribution in [-0.2, 0) is 4.79 Å². The van der Waals surface area contributed by atoms with Gasteiger partial charge in [-0.2, -0.15) is 4.68 Å². The molecule has 0 unspecified atom stereocenters. The van der Waals surface area contributed by atoms with E-state index in [4.69, 9.17) is 0 Å². The lowest BCUT2D eigenvalue weighted by Gasteiger charge is -2.29. The first-order chi connectivity index (χ1) is 15.6. The first kappa shape index (κ1) is 21.6. The summed E-state index contributed by atoms with van der Waals surface area (Å²) in [6, 6.07) is 28.0. The van der Waals surface area contributed by atoms with Crippen LogP contribution in [-0.4, -0.2) is 37.9 Å². The van der Waals surface area contributed by atoms with Crippen LogP contribution < -0.4 is 10.2 Å². The molecule has 7 nitrogen and oxygen atoms in total. The Kier molecular flexibility index (Phi) is 6.81. The lowest BCUT2D eigenvalue weighted by molar-refractivity contribution is -0.113. The summed E-state index contributed by atoms with van der Waals surface area (Å²) in [6.07, 6.45) is 0. The number of carbonyl (C=O) groups excluding carboxylic acids is 1. The second-order valence-electron chi connectivity index (χ2n) is 7.39. The summed E-state index contributed by atoms with van der Waals surface area (Å²) in [4.78, 5) is 14.7. The molecule has 0 saturated carbocycles. The smallest absolute Gasteiger partial charge is 0.234 e. The third kappa shape index (κ3) is 5.15. The van der Waals surface area contributed by atoms with E-state index in [1.54, 1.807) is 4.68 Å². The highest BCUT2D eigenvalue weighted by Crippen LogP contribution is 2.29. The number of hydrogen-bond acceptors (Lipinski definition) is 6. The second-order valence-corrected chi connectivity index (χ2v) is 8.33. The minimum atomic E-state index is -0.117. The molecule has 0 fully saturated rings. The molecule has 0 aliphatic carbocycles. The van der Waals surface area contributed by atoms with Crippen LogP contribution in [0.25, 0.3) is 5.69 Å². The van der Waals surface area contributed by atoms with Crippen LogP contribution in [0.5, 0.6) is 0 Å². The minimum Gasteiger partial charge on any atom is -0.339 e. The molecule has 0 aliphatic rings. The molecule has 4 rings (SSSR count). The van der Waals surface area contributed by atoms with E-state index in [2.05, 4.69) is 51.7 Å². The number of carbonyl (C=O) groups is 1. The first-order valence-electron chi connectivity index (χ1n) is 10.3. The number of hydrogen-bond donors (Lipinski definition) is 1. The Morgan fingerprint density at radius 3 is 2.22 bits per heavy atom. The molecule has 3 aromatic carbocycles. The largest absolute Gasteiger partial charge is 0.339 e. The molecule has 0 atom stereocenters. The second kappa shape index (κ2) is 10.1. The van der Waals surface area contributed by atoms with Crippen LogP contribution in [0.2, 0.25) is 0 Å². The zero-order chi connectivity index (χ0) is 22.3. The molecule has 0 radical (unpaired) electrons. The van der Waals surface area contributed by atoms with Crippen molar-refractivity contribution < 1.29 is 4.79 Å². The van der Waals surface area contributed by atoms with Crippen LogP contribution in [0, 0.1) is 0 Å². The van der Waals surface area contributed by atoms with Crippen molar-refractivity contribution in [2.45, 2.75) is 25.0 Å². The molecule has 1 heterocycles. The third-order valence-electron chi connectivity index (χ3n) is 4.75. The van der Waals surface area contributed by atoms with Crippen LogP contribution in [0.3, 0.4) is 0 Å². The van der Waals surface area contributed by atoms with E-state index < -0.39 is 0 Å². The number of thioether (sulfide) groups is 1. The van der Waals surface area contributed by atoms with E-state index >= 15 is 0 Å². The number of benzene rings is 3. The summed E-state index contributed by atoms with van der Waals surface area (Å²) in [5.41, 5.74) is 3.80. The molecule has 8 heteroatoms. The van der Waals surface area contributed by atoms with Gasteiger partial charge in [-0.1, -0.05) is 48.2 Å². The number of nitrogens with zero attached hydrogens (tertiary/aromatic N) is 5. The zero-order valence-corrected chi connectivity index (χ0v) is 18.7. The van der Waals surface area contributed by atoms with Crippen molar-refractivity contribution in [3.8, 4) is 5.69 Å². The van der Waals surface area contributed by atoms with Gasteiger partial charge in [0.1, 0.15) is 0 Å².